The predicted molar refractivity (Wildman–Crippen MR) is 97.7 cm³/mol. The minimum Gasteiger partial charge on any atom is -0.474 e. The van der Waals surface area contributed by atoms with Gasteiger partial charge in [-0.3, -0.25) is 4.79 Å². The summed E-state index contributed by atoms with van der Waals surface area (Å²) in [5.41, 5.74) is 0.496. The molecule has 2 aromatic rings. The highest BCUT2D eigenvalue weighted by atomic mass is 32.2. The molecule has 1 aliphatic rings. The van der Waals surface area contributed by atoms with Gasteiger partial charge in [-0.05, 0) is 50.8 Å². The average molecular weight is 374 g/mol. The van der Waals surface area contributed by atoms with Crippen molar-refractivity contribution in [3.05, 3.63) is 54.2 Å². The van der Waals surface area contributed by atoms with Gasteiger partial charge in [-0.1, -0.05) is 18.2 Å². The zero-order valence-corrected chi connectivity index (χ0v) is 15.4. The van der Waals surface area contributed by atoms with Crippen LogP contribution in [0, 0.1) is 0 Å². The molecule has 0 aliphatic heterocycles. The number of aromatic nitrogens is 1. The molecule has 1 aliphatic carbocycles. The highest BCUT2D eigenvalue weighted by Crippen LogP contribution is 2.24. The third-order valence-electron chi connectivity index (χ3n) is 4.49. The zero-order valence-electron chi connectivity index (χ0n) is 14.6. The van der Waals surface area contributed by atoms with E-state index in [2.05, 4.69) is 9.71 Å². The van der Waals surface area contributed by atoms with Crippen LogP contribution >= 0.6 is 0 Å². The molecule has 0 saturated heterocycles. The van der Waals surface area contributed by atoms with Crippen molar-refractivity contribution in [2.45, 2.75) is 49.6 Å². The van der Waals surface area contributed by atoms with Gasteiger partial charge in [0.1, 0.15) is 6.10 Å². The first-order valence-electron chi connectivity index (χ1n) is 8.65. The van der Waals surface area contributed by atoms with Crippen molar-refractivity contribution in [2.24, 2.45) is 0 Å². The van der Waals surface area contributed by atoms with Gasteiger partial charge < -0.3 is 4.74 Å². The van der Waals surface area contributed by atoms with Crippen molar-refractivity contribution < 1.29 is 17.9 Å². The van der Waals surface area contributed by atoms with E-state index in [1.54, 1.807) is 6.20 Å². The van der Waals surface area contributed by atoms with E-state index < -0.39 is 10.0 Å². The molecule has 0 bridgehead atoms. The lowest BCUT2D eigenvalue weighted by atomic mass is 9.94. The smallest absolute Gasteiger partial charge is 0.240 e. The fourth-order valence-electron chi connectivity index (χ4n) is 3.04. The second kappa shape index (κ2) is 7.97. The summed E-state index contributed by atoms with van der Waals surface area (Å²) in [6.45, 7) is 1.45. The summed E-state index contributed by atoms with van der Waals surface area (Å²) in [4.78, 5) is 15.6. The largest absolute Gasteiger partial charge is 0.474 e. The van der Waals surface area contributed by atoms with Gasteiger partial charge >= 0.3 is 0 Å². The summed E-state index contributed by atoms with van der Waals surface area (Å²) in [5.74, 6) is 0.509. The summed E-state index contributed by atoms with van der Waals surface area (Å²) in [6, 6.07) is 11.4. The Balaban J connectivity index is 1.55. The van der Waals surface area contributed by atoms with Gasteiger partial charge in [0, 0.05) is 23.9 Å². The number of carbonyl (C=O) groups excluding carboxylic acids is 1. The number of sulfonamides is 1. The number of hydrogen-bond donors (Lipinski definition) is 1. The minimum absolute atomic E-state index is 0.0560. The van der Waals surface area contributed by atoms with Gasteiger partial charge in [0.15, 0.2) is 5.78 Å². The van der Waals surface area contributed by atoms with Gasteiger partial charge in [0.25, 0.3) is 0 Å². The second-order valence-corrected chi connectivity index (χ2v) is 8.18. The molecule has 1 aromatic heterocycles. The summed E-state index contributed by atoms with van der Waals surface area (Å²) in [7, 11) is -3.59. The number of ketones is 1. The lowest BCUT2D eigenvalue weighted by Crippen LogP contribution is -2.39. The first-order chi connectivity index (χ1) is 12.4. The number of Topliss-reactive ketones (excluding diaryl/α,β-unsaturated/α-hetero) is 1. The van der Waals surface area contributed by atoms with Gasteiger partial charge in [-0.15, -0.1) is 0 Å². The molecule has 0 radical (unpaired) electrons. The van der Waals surface area contributed by atoms with E-state index in [-0.39, 0.29) is 22.8 Å². The van der Waals surface area contributed by atoms with Gasteiger partial charge in [-0.25, -0.2) is 18.1 Å². The Labute approximate surface area is 153 Å². The Kier molecular flexibility index (Phi) is 5.68. The number of benzene rings is 1. The number of hydrogen-bond acceptors (Lipinski definition) is 5. The van der Waals surface area contributed by atoms with E-state index in [1.165, 1.54) is 31.2 Å². The number of nitrogens with zero attached hydrogens (tertiary/aromatic N) is 1. The predicted octanol–water partition coefficient (Wildman–Crippen LogP) is 2.95. The molecule has 1 heterocycles. The molecule has 0 atom stereocenters. The van der Waals surface area contributed by atoms with E-state index in [1.807, 2.05) is 18.2 Å². The molecule has 1 aromatic carbocycles. The van der Waals surface area contributed by atoms with Crippen molar-refractivity contribution in [1.29, 1.82) is 0 Å². The van der Waals surface area contributed by atoms with Gasteiger partial charge in [-0.2, -0.15) is 0 Å². The van der Waals surface area contributed by atoms with Crippen LogP contribution in [0.3, 0.4) is 0 Å². The number of nitrogens with one attached hydrogen (secondary N) is 1. The lowest BCUT2D eigenvalue weighted by Gasteiger charge is -2.29. The summed E-state index contributed by atoms with van der Waals surface area (Å²) < 4.78 is 33.6. The maximum Gasteiger partial charge on any atom is 0.240 e. The lowest BCUT2D eigenvalue weighted by molar-refractivity contribution is 0.101. The van der Waals surface area contributed by atoms with Crippen LogP contribution in [0.2, 0.25) is 0 Å². The molecule has 1 fully saturated rings. The number of ether oxygens (including phenoxy) is 1. The van der Waals surface area contributed by atoms with Gasteiger partial charge in [0.05, 0.1) is 4.90 Å². The van der Waals surface area contributed by atoms with Crippen LogP contribution in [-0.2, 0) is 10.0 Å². The summed E-state index contributed by atoms with van der Waals surface area (Å²) in [5, 5.41) is 0. The van der Waals surface area contributed by atoms with Crippen molar-refractivity contribution in [2.75, 3.05) is 0 Å². The zero-order chi connectivity index (χ0) is 18.6. The van der Waals surface area contributed by atoms with E-state index in [0.717, 1.165) is 12.8 Å². The fraction of sp³-hybridized carbons (Fsp3) is 0.368. The monoisotopic (exact) mass is 374 g/mol. The Morgan fingerprint density at radius 3 is 2.35 bits per heavy atom. The topological polar surface area (TPSA) is 85.4 Å². The molecular weight excluding hydrogens is 352 g/mol. The van der Waals surface area contributed by atoms with E-state index in [9.17, 15) is 13.2 Å². The maximum absolute atomic E-state index is 12.5. The molecule has 0 spiro atoms. The third kappa shape index (κ3) is 4.68. The van der Waals surface area contributed by atoms with Crippen molar-refractivity contribution >= 4 is 15.8 Å². The second-order valence-electron chi connectivity index (χ2n) is 6.46. The molecule has 1 N–H and O–H groups in total. The Bertz CT molecular complexity index is 843. The van der Waals surface area contributed by atoms with E-state index >= 15 is 0 Å². The molecule has 3 rings (SSSR count). The summed E-state index contributed by atoms with van der Waals surface area (Å²) >= 11 is 0. The number of pyridine rings is 1. The molecule has 26 heavy (non-hydrogen) atoms. The quantitative estimate of drug-likeness (QED) is 0.786. The van der Waals surface area contributed by atoms with Crippen molar-refractivity contribution in [3.63, 3.8) is 0 Å². The molecule has 1 saturated carbocycles. The Morgan fingerprint density at radius 2 is 1.77 bits per heavy atom. The third-order valence-corrected chi connectivity index (χ3v) is 6.03. The Hall–Kier alpha value is -2.25. The normalized spacial score (nSPS) is 20.5. The van der Waals surface area contributed by atoms with Crippen LogP contribution in [0.4, 0.5) is 0 Å². The molecule has 0 amide bonds. The molecule has 0 unspecified atom stereocenters. The fourth-order valence-corrected chi connectivity index (χ4v) is 4.35. The SMILES string of the molecule is CC(=O)c1ccc(S(=O)(=O)NC2CCC(Oc3ccccn3)CC2)cc1. The van der Waals surface area contributed by atoms with Crippen LogP contribution in [-0.4, -0.2) is 31.3 Å². The van der Waals surface area contributed by atoms with Crippen LogP contribution in [0.5, 0.6) is 5.88 Å². The number of carbonyl (C=O) groups is 1. The van der Waals surface area contributed by atoms with Gasteiger partial charge in [0.2, 0.25) is 15.9 Å². The number of rotatable bonds is 6. The molecular formula is C19H22N2O4S. The van der Waals surface area contributed by atoms with Crippen molar-refractivity contribution in [1.82, 2.24) is 9.71 Å². The maximum atomic E-state index is 12.5. The first kappa shape index (κ1) is 18.5. The van der Waals surface area contributed by atoms with Crippen LogP contribution < -0.4 is 9.46 Å². The molecule has 138 valence electrons. The van der Waals surface area contributed by atoms with Crippen molar-refractivity contribution in [3.8, 4) is 5.88 Å². The van der Waals surface area contributed by atoms with Crippen LogP contribution in [0.15, 0.2) is 53.6 Å². The molecule has 6 nitrogen and oxygen atoms in total. The molecule has 7 heteroatoms. The first-order valence-corrected chi connectivity index (χ1v) is 10.1. The standard InChI is InChI=1S/C19H22N2O4S/c1-14(22)15-5-11-18(12-6-15)26(23,24)21-16-7-9-17(10-8-16)25-19-4-2-3-13-20-19/h2-6,11-13,16-17,21H,7-10H2,1H3. The Morgan fingerprint density at radius 1 is 1.08 bits per heavy atom. The average Bonchev–Trinajstić information content (AvgIpc) is 2.64. The van der Waals surface area contributed by atoms with E-state index in [0.29, 0.717) is 24.3 Å². The van der Waals surface area contributed by atoms with E-state index in [4.69, 9.17) is 4.74 Å². The summed E-state index contributed by atoms with van der Waals surface area (Å²) in [6.07, 6.45) is 4.71. The van der Waals surface area contributed by atoms with Crippen LogP contribution in [0.25, 0.3) is 0 Å². The minimum atomic E-state index is -3.59. The highest BCUT2D eigenvalue weighted by molar-refractivity contribution is 7.89. The van der Waals surface area contributed by atoms with Crippen LogP contribution in [0.1, 0.15) is 43.0 Å². The highest BCUT2D eigenvalue weighted by Gasteiger charge is 2.26.